The fraction of sp³-hybridized carbons (Fsp3) is 0.696. The minimum atomic E-state index is -0.984. The van der Waals surface area contributed by atoms with Crippen molar-refractivity contribution in [2.45, 2.75) is 69.1 Å². The molecule has 0 unspecified atom stereocenters. The molecule has 0 aromatic carbocycles. The maximum absolute atomic E-state index is 11.9. The van der Waals surface area contributed by atoms with Crippen LogP contribution in [0.2, 0.25) is 0 Å². The number of ether oxygens (including phenoxy) is 1. The number of anilines is 1. The summed E-state index contributed by atoms with van der Waals surface area (Å²) in [5.74, 6) is 0.767. The zero-order chi connectivity index (χ0) is 22.1. The molecule has 1 aliphatic heterocycles. The predicted octanol–water partition coefficient (Wildman–Crippen LogP) is 2.27. The largest absolute Gasteiger partial charge is 0.383 e. The first kappa shape index (κ1) is 22.0. The van der Waals surface area contributed by atoms with Gasteiger partial charge in [-0.3, -0.25) is 9.69 Å². The van der Waals surface area contributed by atoms with Crippen LogP contribution in [0.3, 0.4) is 0 Å². The number of likely N-dealkylation sites (N-methyl/N-ethyl adjacent to an activating group) is 1. The Hall–Kier alpha value is -1.81. The van der Waals surface area contributed by atoms with Gasteiger partial charge in [-0.1, -0.05) is 0 Å². The fourth-order valence-electron chi connectivity index (χ4n) is 5.68. The molecule has 1 saturated heterocycles. The Morgan fingerprint density at radius 1 is 1.25 bits per heavy atom. The van der Waals surface area contributed by atoms with Crippen molar-refractivity contribution in [3.8, 4) is 0 Å². The van der Waals surface area contributed by atoms with Gasteiger partial charge in [-0.25, -0.2) is 9.97 Å². The van der Waals surface area contributed by atoms with E-state index >= 15 is 0 Å². The number of carbonyl (C=O) groups is 1. The monoisotopic (exact) mass is 459 g/mol. The van der Waals surface area contributed by atoms with E-state index in [0.717, 1.165) is 68.0 Å². The van der Waals surface area contributed by atoms with Crippen molar-refractivity contribution >= 4 is 33.3 Å². The van der Waals surface area contributed by atoms with Crippen LogP contribution in [-0.4, -0.2) is 77.4 Å². The van der Waals surface area contributed by atoms with Crippen LogP contribution in [-0.2, 0) is 16.0 Å². The third kappa shape index (κ3) is 4.35. The minimum Gasteiger partial charge on any atom is -0.383 e. The minimum absolute atomic E-state index is 0.162. The van der Waals surface area contributed by atoms with Crippen molar-refractivity contribution in [1.82, 2.24) is 20.2 Å². The molecule has 3 aliphatic rings. The van der Waals surface area contributed by atoms with Gasteiger partial charge in [-0.05, 0) is 56.4 Å². The van der Waals surface area contributed by atoms with Gasteiger partial charge in [-0.2, -0.15) is 0 Å². The number of rotatable bonds is 6. The molecule has 0 spiro atoms. The van der Waals surface area contributed by atoms with Crippen LogP contribution >= 0.6 is 11.3 Å². The van der Waals surface area contributed by atoms with Gasteiger partial charge in [-0.15, -0.1) is 11.3 Å². The van der Waals surface area contributed by atoms with Gasteiger partial charge in [0.15, 0.2) is 0 Å². The number of hydrogen-bond acceptors (Lipinski definition) is 8. The molecule has 8 nitrogen and oxygen atoms in total. The lowest BCUT2D eigenvalue weighted by atomic mass is 9.89. The van der Waals surface area contributed by atoms with Crippen LogP contribution in [0.1, 0.15) is 54.9 Å². The van der Waals surface area contributed by atoms with Crippen LogP contribution in [0.25, 0.3) is 10.2 Å². The zero-order valence-electron chi connectivity index (χ0n) is 18.7. The average Bonchev–Trinajstić information content (AvgIpc) is 3.39. The molecule has 5 rings (SSSR count). The van der Waals surface area contributed by atoms with E-state index in [4.69, 9.17) is 4.74 Å². The van der Waals surface area contributed by atoms with Gasteiger partial charge in [0.05, 0.1) is 18.6 Å². The second kappa shape index (κ2) is 9.59. The predicted molar refractivity (Wildman–Crippen MR) is 125 cm³/mol. The normalized spacial score (nSPS) is 27.2. The third-order valence-corrected chi connectivity index (χ3v) is 8.56. The van der Waals surface area contributed by atoms with Gasteiger partial charge < -0.3 is 20.5 Å². The first-order valence-electron chi connectivity index (χ1n) is 11.9. The second-order valence-electron chi connectivity index (χ2n) is 9.24. The van der Waals surface area contributed by atoms with E-state index in [9.17, 15) is 9.90 Å². The molecule has 3 heterocycles. The number of aromatic nitrogens is 2. The fourth-order valence-corrected chi connectivity index (χ4v) is 6.92. The number of aryl methyl sites for hydroxylation is 1. The van der Waals surface area contributed by atoms with Crippen LogP contribution in [0.5, 0.6) is 0 Å². The number of morpholine rings is 1. The molecule has 2 aliphatic carbocycles. The Morgan fingerprint density at radius 3 is 2.78 bits per heavy atom. The summed E-state index contributed by atoms with van der Waals surface area (Å²) < 4.78 is 5.51. The molecule has 1 saturated carbocycles. The van der Waals surface area contributed by atoms with Gasteiger partial charge in [0, 0.05) is 37.1 Å². The molecule has 0 radical (unpaired) electrons. The highest BCUT2D eigenvalue weighted by molar-refractivity contribution is 7.19. The smallest absolute Gasteiger partial charge is 0.248 e. The summed E-state index contributed by atoms with van der Waals surface area (Å²) in [4.78, 5) is 26.0. The van der Waals surface area contributed by atoms with Crippen molar-refractivity contribution < 1.29 is 14.6 Å². The molecular formula is C23H33N5O3S. The maximum Gasteiger partial charge on any atom is 0.248 e. The topological polar surface area (TPSA) is 99.6 Å². The van der Waals surface area contributed by atoms with Crippen LogP contribution in [0.15, 0.2) is 6.33 Å². The number of fused-ring (bicyclic) bond motifs is 3. The lowest BCUT2D eigenvalue weighted by Crippen LogP contribution is -2.46. The maximum atomic E-state index is 11.9. The molecular weight excluding hydrogens is 426 g/mol. The average molecular weight is 460 g/mol. The van der Waals surface area contributed by atoms with E-state index in [1.54, 1.807) is 24.7 Å². The first-order valence-corrected chi connectivity index (χ1v) is 12.7. The number of nitrogens with zero attached hydrogens (tertiary/aromatic N) is 3. The number of carbonyl (C=O) groups excluding carboxylic acids is 1. The van der Waals surface area contributed by atoms with Crippen LogP contribution < -0.4 is 10.6 Å². The standard InChI is InChI=1S/C23H33N5O3S/c1-24-22(30)17(29)12-14-2-7-18-19(14)20-21(25-13-26-23(20)32-18)27-15-3-5-16(6-4-15)28-8-10-31-11-9-28/h13-17,29H,2-12H2,1H3,(H,24,30)(H,25,26,27)/t14-,15?,16?,17+/m1/s1. The molecule has 2 fully saturated rings. The Morgan fingerprint density at radius 2 is 2.03 bits per heavy atom. The molecule has 2 atom stereocenters. The van der Waals surface area contributed by atoms with E-state index in [1.165, 1.54) is 23.3 Å². The van der Waals surface area contributed by atoms with Crippen molar-refractivity contribution in [3.63, 3.8) is 0 Å². The summed E-state index contributed by atoms with van der Waals surface area (Å²) >= 11 is 1.73. The lowest BCUT2D eigenvalue weighted by molar-refractivity contribution is -0.129. The molecule has 1 amide bonds. The van der Waals surface area contributed by atoms with E-state index in [0.29, 0.717) is 18.5 Å². The van der Waals surface area contributed by atoms with E-state index < -0.39 is 6.10 Å². The molecule has 0 bridgehead atoms. The van der Waals surface area contributed by atoms with Gasteiger partial charge in [0.1, 0.15) is 23.1 Å². The molecule has 3 N–H and O–H groups in total. The van der Waals surface area contributed by atoms with Gasteiger partial charge in [0.25, 0.3) is 0 Å². The summed E-state index contributed by atoms with van der Waals surface area (Å²) in [7, 11) is 1.56. The highest BCUT2D eigenvalue weighted by atomic mass is 32.1. The number of thiophene rings is 1. The summed E-state index contributed by atoms with van der Waals surface area (Å²) in [5.41, 5.74) is 1.25. The lowest BCUT2D eigenvalue weighted by Gasteiger charge is -2.39. The highest BCUT2D eigenvalue weighted by Crippen LogP contribution is 2.47. The van der Waals surface area contributed by atoms with Crippen molar-refractivity contribution in [1.29, 1.82) is 0 Å². The highest BCUT2D eigenvalue weighted by Gasteiger charge is 2.33. The van der Waals surface area contributed by atoms with Crippen molar-refractivity contribution in [2.75, 3.05) is 38.7 Å². The van der Waals surface area contributed by atoms with Crippen LogP contribution in [0.4, 0.5) is 5.82 Å². The quantitative estimate of drug-likeness (QED) is 0.609. The number of amides is 1. The first-order chi connectivity index (χ1) is 15.6. The molecule has 32 heavy (non-hydrogen) atoms. The van der Waals surface area contributed by atoms with Crippen LogP contribution in [0, 0.1) is 0 Å². The van der Waals surface area contributed by atoms with Gasteiger partial charge >= 0.3 is 0 Å². The number of aliphatic hydroxyl groups is 1. The van der Waals surface area contributed by atoms with E-state index in [2.05, 4.69) is 25.5 Å². The zero-order valence-corrected chi connectivity index (χ0v) is 19.5. The van der Waals surface area contributed by atoms with E-state index in [1.807, 2.05) is 0 Å². The summed E-state index contributed by atoms with van der Waals surface area (Å²) in [6.45, 7) is 3.82. The van der Waals surface area contributed by atoms with E-state index in [-0.39, 0.29) is 11.8 Å². The second-order valence-corrected chi connectivity index (χ2v) is 10.3. The molecule has 2 aromatic heterocycles. The Kier molecular flexibility index (Phi) is 6.59. The van der Waals surface area contributed by atoms with Crippen molar-refractivity contribution in [3.05, 3.63) is 16.8 Å². The Labute approximate surface area is 192 Å². The number of aliphatic hydroxyl groups excluding tert-OH is 1. The SMILES string of the molecule is CNC(=O)[C@@H](O)C[C@H]1CCc2sc3ncnc(NC4CCC(N5CCOCC5)CC4)c3c21. The summed E-state index contributed by atoms with van der Waals surface area (Å²) in [6.07, 6.45) is 7.74. The number of hydrogen-bond donors (Lipinski definition) is 3. The molecule has 9 heteroatoms. The molecule has 2 aromatic rings. The Bertz CT molecular complexity index is 953. The van der Waals surface area contributed by atoms with Crippen molar-refractivity contribution in [2.24, 2.45) is 0 Å². The van der Waals surface area contributed by atoms with Gasteiger partial charge in [0.2, 0.25) is 5.91 Å². The third-order valence-electron chi connectivity index (χ3n) is 7.39. The molecule has 174 valence electrons. The Balaban J connectivity index is 1.31. The summed E-state index contributed by atoms with van der Waals surface area (Å²) in [5, 5.41) is 17.7. The number of nitrogens with one attached hydrogen (secondary N) is 2. The summed E-state index contributed by atoms with van der Waals surface area (Å²) in [6, 6.07) is 1.08.